The molecule has 0 bridgehead atoms. The Morgan fingerprint density at radius 2 is 1.72 bits per heavy atom. The van der Waals surface area contributed by atoms with E-state index in [1.165, 1.54) is 12.1 Å². The number of rotatable bonds is 8. The molecule has 1 heterocycles. The van der Waals surface area contributed by atoms with Crippen LogP contribution < -0.4 is 10.5 Å². The fraction of sp³-hybridized carbons (Fsp3) is 0.120. The van der Waals surface area contributed by atoms with Crippen LogP contribution in [-0.4, -0.2) is 22.2 Å². The van der Waals surface area contributed by atoms with Crippen LogP contribution in [-0.2, 0) is 24.4 Å². The number of benzene rings is 3. The molecular formula is C25H21NO6. The number of furan rings is 1. The van der Waals surface area contributed by atoms with Crippen LogP contribution in [0.25, 0.3) is 22.1 Å². The van der Waals surface area contributed by atoms with Crippen molar-refractivity contribution in [3.63, 3.8) is 0 Å². The van der Waals surface area contributed by atoms with Crippen LogP contribution in [0.1, 0.15) is 27.0 Å². The minimum absolute atomic E-state index is 0.0240. The zero-order chi connectivity index (χ0) is 22.7. The zero-order valence-corrected chi connectivity index (χ0v) is 17.1. The highest BCUT2D eigenvalue weighted by Crippen LogP contribution is 2.31. The van der Waals surface area contributed by atoms with Crippen molar-refractivity contribution in [1.29, 1.82) is 0 Å². The van der Waals surface area contributed by atoms with Crippen molar-refractivity contribution in [3.8, 4) is 16.9 Å². The van der Waals surface area contributed by atoms with E-state index >= 15 is 0 Å². The van der Waals surface area contributed by atoms with Gasteiger partial charge in [-0.1, -0.05) is 36.4 Å². The highest BCUT2D eigenvalue weighted by molar-refractivity contribution is 5.92. The Kier molecular flexibility index (Phi) is 5.91. The summed E-state index contributed by atoms with van der Waals surface area (Å²) in [6.45, 7) is 0.471. The van der Waals surface area contributed by atoms with E-state index < -0.39 is 11.9 Å². The number of fused-ring (bicyclic) bond motifs is 1. The first-order valence-corrected chi connectivity index (χ1v) is 9.95. The first kappa shape index (κ1) is 21.1. The molecule has 0 spiro atoms. The highest BCUT2D eigenvalue weighted by atomic mass is 16.5. The van der Waals surface area contributed by atoms with Gasteiger partial charge in [-0.3, -0.25) is 4.79 Å². The summed E-state index contributed by atoms with van der Waals surface area (Å²) in [6, 6.07) is 18.2. The maximum absolute atomic E-state index is 11.6. The minimum atomic E-state index is -1.19. The second-order valence-electron chi connectivity index (χ2n) is 7.33. The highest BCUT2D eigenvalue weighted by Gasteiger charge is 2.18. The molecule has 0 radical (unpaired) electrons. The number of aliphatic carboxylic acids is 1. The van der Waals surface area contributed by atoms with Gasteiger partial charge >= 0.3 is 11.9 Å². The van der Waals surface area contributed by atoms with Gasteiger partial charge in [-0.25, -0.2) is 4.79 Å². The molecule has 0 atom stereocenters. The van der Waals surface area contributed by atoms with E-state index in [-0.39, 0.29) is 24.3 Å². The minimum Gasteiger partial charge on any atom is -0.488 e. The number of carbonyl (C=O) groups is 2. The Balaban J connectivity index is 1.67. The van der Waals surface area contributed by atoms with Gasteiger partial charge < -0.3 is 25.1 Å². The summed E-state index contributed by atoms with van der Waals surface area (Å²) in [6.07, 6.45) is 1.22. The average molecular weight is 431 g/mol. The lowest BCUT2D eigenvalue weighted by molar-refractivity contribution is -0.136. The summed E-state index contributed by atoms with van der Waals surface area (Å²) in [7, 11) is 0. The lowest BCUT2D eigenvalue weighted by Gasteiger charge is -2.13. The van der Waals surface area contributed by atoms with Crippen molar-refractivity contribution >= 4 is 22.9 Å². The normalized spacial score (nSPS) is 10.9. The van der Waals surface area contributed by atoms with Gasteiger partial charge in [-0.05, 0) is 41.0 Å². The number of carboxylic acids is 2. The van der Waals surface area contributed by atoms with Crippen molar-refractivity contribution in [2.24, 2.45) is 5.73 Å². The maximum atomic E-state index is 11.6. The van der Waals surface area contributed by atoms with Crippen molar-refractivity contribution in [1.82, 2.24) is 0 Å². The molecule has 7 nitrogen and oxygen atoms in total. The van der Waals surface area contributed by atoms with E-state index in [2.05, 4.69) is 0 Å². The van der Waals surface area contributed by atoms with E-state index in [9.17, 15) is 14.7 Å². The SMILES string of the molecule is NCc1cccc(-c2ccc3occ(COc4c(CC(=O)O)cccc4C(=O)O)c3c2)c1. The molecule has 0 aliphatic carbocycles. The quantitative estimate of drug-likeness (QED) is 0.376. The first-order chi connectivity index (χ1) is 15.5. The summed E-state index contributed by atoms with van der Waals surface area (Å²) < 4.78 is 11.5. The van der Waals surface area contributed by atoms with Crippen LogP contribution in [0.5, 0.6) is 5.75 Å². The van der Waals surface area contributed by atoms with E-state index in [4.69, 9.17) is 20.0 Å². The summed E-state index contributed by atoms with van der Waals surface area (Å²) in [5, 5.41) is 19.5. The number of aromatic carboxylic acids is 1. The molecule has 0 amide bonds. The molecule has 4 rings (SSSR count). The predicted octanol–water partition coefficient (Wildman–Crippen LogP) is 4.46. The van der Waals surface area contributed by atoms with Gasteiger partial charge in [0, 0.05) is 23.1 Å². The number of ether oxygens (including phenoxy) is 1. The summed E-state index contributed by atoms with van der Waals surface area (Å²) >= 11 is 0. The number of para-hydroxylation sites is 1. The van der Waals surface area contributed by atoms with Crippen molar-refractivity contribution in [3.05, 3.63) is 89.2 Å². The lowest BCUT2D eigenvalue weighted by Crippen LogP contribution is -2.09. The van der Waals surface area contributed by atoms with Crippen LogP contribution in [0.15, 0.2) is 71.3 Å². The Bertz CT molecular complexity index is 1310. The van der Waals surface area contributed by atoms with Gasteiger partial charge in [0.1, 0.15) is 23.5 Å². The Hall–Kier alpha value is -4.10. The summed E-state index contributed by atoms with van der Waals surface area (Å²) in [5.74, 6) is -2.22. The lowest BCUT2D eigenvalue weighted by atomic mass is 10.0. The summed E-state index contributed by atoms with van der Waals surface area (Å²) in [4.78, 5) is 22.8. The molecule has 0 aliphatic heterocycles. The van der Waals surface area contributed by atoms with Crippen LogP contribution in [0, 0.1) is 0 Å². The molecule has 4 N–H and O–H groups in total. The van der Waals surface area contributed by atoms with E-state index in [0.29, 0.717) is 17.7 Å². The number of nitrogens with two attached hydrogens (primary N) is 1. The largest absolute Gasteiger partial charge is 0.488 e. The molecule has 0 fully saturated rings. The number of hydrogen-bond acceptors (Lipinski definition) is 5. The summed E-state index contributed by atoms with van der Waals surface area (Å²) in [5.41, 5.74) is 10.4. The first-order valence-electron chi connectivity index (χ1n) is 9.95. The Morgan fingerprint density at radius 1 is 0.938 bits per heavy atom. The molecule has 3 aromatic carbocycles. The second kappa shape index (κ2) is 8.95. The van der Waals surface area contributed by atoms with Gasteiger partial charge in [0.05, 0.1) is 12.7 Å². The topological polar surface area (TPSA) is 123 Å². The molecule has 32 heavy (non-hydrogen) atoms. The molecule has 162 valence electrons. The van der Waals surface area contributed by atoms with Gasteiger partial charge in [0.25, 0.3) is 0 Å². The monoisotopic (exact) mass is 431 g/mol. The third kappa shape index (κ3) is 4.33. The molecule has 0 unspecified atom stereocenters. The third-order valence-corrected chi connectivity index (χ3v) is 5.19. The van der Waals surface area contributed by atoms with Crippen LogP contribution in [0.2, 0.25) is 0 Å². The number of carboxylic acid groups (broad SMARTS) is 2. The van der Waals surface area contributed by atoms with Crippen molar-refractivity contribution in [2.75, 3.05) is 0 Å². The molecule has 0 saturated heterocycles. The van der Waals surface area contributed by atoms with Gasteiger partial charge in [0.15, 0.2) is 0 Å². The molecule has 4 aromatic rings. The van der Waals surface area contributed by atoms with E-state index in [1.54, 1.807) is 12.3 Å². The molecule has 0 saturated carbocycles. The van der Waals surface area contributed by atoms with Crippen LogP contribution >= 0.6 is 0 Å². The van der Waals surface area contributed by atoms with Gasteiger partial charge in [0.2, 0.25) is 0 Å². The molecular weight excluding hydrogens is 410 g/mol. The zero-order valence-electron chi connectivity index (χ0n) is 17.1. The maximum Gasteiger partial charge on any atom is 0.339 e. The second-order valence-corrected chi connectivity index (χ2v) is 7.33. The van der Waals surface area contributed by atoms with E-state index in [1.807, 2.05) is 42.5 Å². The van der Waals surface area contributed by atoms with Gasteiger partial charge in [-0.2, -0.15) is 0 Å². The molecule has 7 heteroatoms. The Labute approximate surface area is 183 Å². The third-order valence-electron chi connectivity index (χ3n) is 5.19. The Morgan fingerprint density at radius 3 is 2.47 bits per heavy atom. The molecule has 0 aliphatic rings. The van der Waals surface area contributed by atoms with Crippen molar-refractivity contribution in [2.45, 2.75) is 19.6 Å². The number of hydrogen-bond donors (Lipinski definition) is 3. The molecule has 1 aromatic heterocycles. The fourth-order valence-electron chi connectivity index (χ4n) is 3.63. The fourth-order valence-corrected chi connectivity index (χ4v) is 3.63. The van der Waals surface area contributed by atoms with Crippen LogP contribution in [0.3, 0.4) is 0 Å². The van der Waals surface area contributed by atoms with Crippen molar-refractivity contribution < 1.29 is 29.0 Å². The van der Waals surface area contributed by atoms with E-state index in [0.717, 1.165) is 27.6 Å². The smallest absolute Gasteiger partial charge is 0.339 e. The van der Waals surface area contributed by atoms with Gasteiger partial charge in [-0.15, -0.1) is 0 Å². The predicted molar refractivity (Wildman–Crippen MR) is 119 cm³/mol. The average Bonchev–Trinajstić information content (AvgIpc) is 3.20. The van der Waals surface area contributed by atoms with Crippen LogP contribution in [0.4, 0.5) is 0 Å². The standard InChI is InChI=1S/C25H21NO6/c26-12-15-3-1-4-16(9-15)17-7-8-22-21(10-17)19(13-31-22)14-32-24-18(11-23(27)28)5-2-6-20(24)25(29)30/h1-10,13H,11-12,14,26H2,(H,27,28)(H,29,30).